The number of benzene rings is 1. The lowest BCUT2D eigenvalue weighted by molar-refractivity contribution is -0.121. The summed E-state index contributed by atoms with van der Waals surface area (Å²) < 4.78 is 0. The first kappa shape index (κ1) is 14.5. The lowest BCUT2D eigenvalue weighted by Crippen LogP contribution is -2.34. The van der Waals surface area contributed by atoms with Gasteiger partial charge in [0, 0.05) is 19.3 Å². The third-order valence-electron chi connectivity index (χ3n) is 3.66. The van der Waals surface area contributed by atoms with E-state index in [1.807, 2.05) is 30.3 Å². The Bertz CT molecular complexity index is 686. The number of primary amides is 1. The standard InChI is InChI=1S/C15H16N4O2S/c16-13(20)11-6-7-19(9-11)15(21)18-14-17-8-12(22-14)10-4-2-1-3-5-10/h1-5,8,11H,6-7,9H2,(H2,16,20)(H,17,18,21)/t11-/m1/s1. The second kappa shape index (κ2) is 6.15. The molecule has 0 spiro atoms. The third-order valence-corrected chi connectivity index (χ3v) is 4.62. The van der Waals surface area contributed by atoms with Gasteiger partial charge < -0.3 is 10.6 Å². The lowest BCUT2D eigenvalue weighted by Gasteiger charge is -2.15. The predicted octanol–water partition coefficient (Wildman–Crippen LogP) is 2.15. The number of aromatic nitrogens is 1. The Labute approximate surface area is 132 Å². The van der Waals surface area contributed by atoms with E-state index in [0.717, 1.165) is 10.4 Å². The van der Waals surface area contributed by atoms with E-state index in [0.29, 0.717) is 24.6 Å². The summed E-state index contributed by atoms with van der Waals surface area (Å²) in [5, 5.41) is 3.32. The molecule has 0 bridgehead atoms. The molecule has 0 saturated carbocycles. The molecule has 1 aliphatic rings. The highest BCUT2D eigenvalue weighted by Gasteiger charge is 2.29. The lowest BCUT2D eigenvalue weighted by atomic mass is 10.1. The molecule has 3 amide bonds. The summed E-state index contributed by atoms with van der Waals surface area (Å²) in [4.78, 5) is 30.1. The summed E-state index contributed by atoms with van der Waals surface area (Å²) in [5.74, 6) is -0.599. The van der Waals surface area contributed by atoms with E-state index in [9.17, 15) is 9.59 Å². The minimum Gasteiger partial charge on any atom is -0.369 e. The van der Waals surface area contributed by atoms with Gasteiger partial charge in [-0.05, 0) is 12.0 Å². The van der Waals surface area contributed by atoms with Crippen molar-refractivity contribution >= 4 is 28.4 Å². The highest BCUT2D eigenvalue weighted by atomic mass is 32.1. The summed E-state index contributed by atoms with van der Waals surface area (Å²) in [6.07, 6.45) is 2.36. The number of hydrogen-bond acceptors (Lipinski definition) is 4. The largest absolute Gasteiger partial charge is 0.369 e. The number of urea groups is 1. The molecule has 0 radical (unpaired) electrons. The van der Waals surface area contributed by atoms with Gasteiger partial charge in [0.25, 0.3) is 0 Å². The van der Waals surface area contributed by atoms with Gasteiger partial charge in [-0.3, -0.25) is 10.1 Å². The Morgan fingerprint density at radius 2 is 2.09 bits per heavy atom. The third kappa shape index (κ3) is 3.09. The van der Waals surface area contributed by atoms with Crippen molar-refractivity contribution in [1.82, 2.24) is 9.88 Å². The van der Waals surface area contributed by atoms with Crippen LogP contribution in [0.25, 0.3) is 10.4 Å². The zero-order valence-corrected chi connectivity index (χ0v) is 12.7. The van der Waals surface area contributed by atoms with Crippen LogP contribution in [0.15, 0.2) is 36.5 Å². The SMILES string of the molecule is NC(=O)[C@@H]1CCN(C(=O)Nc2ncc(-c3ccccc3)s2)C1. The number of nitrogens with one attached hydrogen (secondary N) is 1. The molecule has 114 valence electrons. The van der Waals surface area contributed by atoms with Crippen molar-refractivity contribution < 1.29 is 9.59 Å². The van der Waals surface area contributed by atoms with E-state index < -0.39 is 0 Å². The van der Waals surface area contributed by atoms with Gasteiger partial charge in [0.1, 0.15) is 0 Å². The summed E-state index contributed by atoms with van der Waals surface area (Å²) in [6, 6.07) is 9.63. The quantitative estimate of drug-likeness (QED) is 0.909. The van der Waals surface area contributed by atoms with Gasteiger partial charge >= 0.3 is 6.03 Å². The van der Waals surface area contributed by atoms with Gasteiger partial charge in [-0.15, -0.1) is 0 Å². The predicted molar refractivity (Wildman–Crippen MR) is 85.4 cm³/mol. The number of nitrogens with zero attached hydrogens (tertiary/aromatic N) is 2. The summed E-state index contributed by atoms with van der Waals surface area (Å²) in [7, 11) is 0. The van der Waals surface area contributed by atoms with Crippen molar-refractivity contribution in [3.8, 4) is 10.4 Å². The Morgan fingerprint density at radius 1 is 1.32 bits per heavy atom. The van der Waals surface area contributed by atoms with Crippen LogP contribution in [-0.2, 0) is 4.79 Å². The molecular weight excluding hydrogens is 300 g/mol. The maximum atomic E-state index is 12.2. The second-order valence-electron chi connectivity index (χ2n) is 5.16. The maximum Gasteiger partial charge on any atom is 0.323 e. The Hall–Kier alpha value is -2.41. The van der Waals surface area contributed by atoms with Crippen molar-refractivity contribution in [3.05, 3.63) is 36.5 Å². The molecule has 22 heavy (non-hydrogen) atoms. The number of hydrogen-bond donors (Lipinski definition) is 2. The first-order valence-electron chi connectivity index (χ1n) is 7.00. The minimum absolute atomic E-state index is 0.238. The van der Waals surface area contributed by atoms with Crippen molar-refractivity contribution in [2.75, 3.05) is 18.4 Å². The van der Waals surface area contributed by atoms with Crippen LogP contribution in [0.4, 0.5) is 9.93 Å². The van der Waals surface area contributed by atoms with Gasteiger partial charge in [0.15, 0.2) is 5.13 Å². The van der Waals surface area contributed by atoms with E-state index >= 15 is 0 Å². The topological polar surface area (TPSA) is 88.3 Å². The summed E-state index contributed by atoms with van der Waals surface area (Å²) >= 11 is 1.42. The van der Waals surface area contributed by atoms with Crippen molar-refractivity contribution in [1.29, 1.82) is 0 Å². The van der Waals surface area contributed by atoms with Crippen LogP contribution in [0.5, 0.6) is 0 Å². The number of amides is 3. The van der Waals surface area contributed by atoms with Gasteiger partial charge in [-0.25, -0.2) is 9.78 Å². The number of carbonyl (C=O) groups excluding carboxylic acids is 2. The fourth-order valence-electron chi connectivity index (χ4n) is 2.42. The first-order valence-corrected chi connectivity index (χ1v) is 7.81. The summed E-state index contributed by atoms with van der Waals surface area (Å²) in [6.45, 7) is 0.911. The fourth-order valence-corrected chi connectivity index (χ4v) is 3.23. The second-order valence-corrected chi connectivity index (χ2v) is 6.19. The van der Waals surface area contributed by atoms with Gasteiger partial charge in [-0.2, -0.15) is 0 Å². The zero-order valence-electron chi connectivity index (χ0n) is 11.9. The van der Waals surface area contributed by atoms with Crippen molar-refractivity contribution in [3.63, 3.8) is 0 Å². The number of nitrogens with two attached hydrogens (primary N) is 1. The van der Waals surface area contributed by atoms with Gasteiger partial charge in [0.05, 0.1) is 10.8 Å². The van der Waals surface area contributed by atoms with E-state index in [1.165, 1.54) is 11.3 Å². The molecule has 1 saturated heterocycles. The average molecular weight is 316 g/mol. The van der Waals surface area contributed by atoms with Crippen LogP contribution in [-0.4, -0.2) is 34.9 Å². The molecule has 3 N–H and O–H groups in total. The van der Waals surface area contributed by atoms with Crippen LogP contribution in [0.2, 0.25) is 0 Å². The van der Waals surface area contributed by atoms with Crippen LogP contribution >= 0.6 is 11.3 Å². The van der Waals surface area contributed by atoms with Crippen LogP contribution in [0.1, 0.15) is 6.42 Å². The molecule has 2 heterocycles. The molecule has 1 fully saturated rings. The molecule has 2 aromatic rings. The van der Waals surface area contributed by atoms with Crippen molar-refractivity contribution in [2.24, 2.45) is 11.7 Å². The molecule has 3 rings (SSSR count). The fraction of sp³-hybridized carbons (Fsp3) is 0.267. The van der Waals surface area contributed by atoms with Crippen molar-refractivity contribution in [2.45, 2.75) is 6.42 Å². The highest BCUT2D eigenvalue weighted by molar-refractivity contribution is 7.19. The minimum atomic E-state index is -0.351. The maximum absolute atomic E-state index is 12.2. The smallest absolute Gasteiger partial charge is 0.323 e. The molecule has 0 unspecified atom stereocenters. The average Bonchev–Trinajstić information content (AvgIpc) is 3.17. The zero-order chi connectivity index (χ0) is 15.5. The number of anilines is 1. The first-order chi connectivity index (χ1) is 10.6. The van der Waals surface area contributed by atoms with E-state index in [2.05, 4.69) is 10.3 Å². The summed E-state index contributed by atoms with van der Waals surface area (Å²) in [5.41, 5.74) is 6.34. The normalized spacial score (nSPS) is 17.5. The molecule has 1 aliphatic heterocycles. The Balaban J connectivity index is 1.63. The number of carbonyl (C=O) groups is 2. The van der Waals surface area contributed by atoms with Crippen LogP contribution < -0.4 is 11.1 Å². The molecule has 0 aliphatic carbocycles. The number of rotatable bonds is 3. The number of thiazole rings is 1. The van der Waals surface area contributed by atoms with Gasteiger partial charge in [-0.1, -0.05) is 41.7 Å². The molecular formula is C15H16N4O2S. The highest BCUT2D eigenvalue weighted by Crippen LogP contribution is 2.29. The molecule has 1 aromatic carbocycles. The van der Waals surface area contributed by atoms with Crippen LogP contribution in [0.3, 0.4) is 0 Å². The van der Waals surface area contributed by atoms with E-state index in [4.69, 9.17) is 5.73 Å². The van der Waals surface area contributed by atoms with E-state index in [-0.39, 0.29) is 17.9 Å². The van der Waals surface area contributed by atoms with Gasteiger partial charge in [0.2, 0.25) is 5.91 Å². The molecule has 1 atom stereocenters. The molecule has 7 heteroatoms. The monoisotopic (exact) mass is 316 g/mol. The number of likely N-dealkylation sites (tertiary alicyclic amines) is 1. The Morgan fingerprint density at radius 3 is 2.77 bits per heavy atom. The Kier molecular flexibility index (Phi) is 4.06. The van der Waals surface area contributed by atoms with Crippen LogP contribution in [0, 0.1) is 5.92 Å². The molecule has 6 nitrogen and oxygen atoms in total. The van der Waals surface area contributed by atoms with E-state index in [1.54, 1.807) is 11.1 Å². The molecule has 1 aromatic heterocycles.